The van der Waals surface area contributed by atoms with Crippen LogP contribution in [0.15, 0.2) is 48.0 Å². The molecule has 0 radical (unpaired) electrons. The van der Waals surface area contributed by atoms with Gasteiger partial charge >= 0.3 is 0 Å². The van der Waals surface area contributed by atoms with Gasteiger partial charge < -0.3 is 15.1 Å². The fourth-order valence-corrected chi connectivity index (χ4v) is 4.49. The molecule has 2 aromatic carbocycles. The van der Waals surface area contributed by atoms with Gasteiger partial charge in [0.2, 0.25) is 0 Å². The molecular formula is C23H22ClNO4. The van der Waals surface area contributed by atoms with E-state index in [1.807, 2.05) is 19.1 Å². The van der Waals surface area contributed by atoms with Gasteiger partial charge in [0.25, 0.3) is 11.7 Å². The third-order valence-electron chi connectivity index (χ3n) is 5.81. The summed E-state index contributed by atoms with van der Waals surface area (Å²) < 4.78 is 0. The first-order chi connectivity index (χ1) is 13.9. The summed E-state index contributed by atoms with van der Waals surface area (Å²) in [6.45, 7) is 1.93. The van der Waals surface area contributed by atoms with Crippen LogP contribution < -0.4 is 0 Å². The number of benzene rings is 2. The lowest BCUT2D eigenvalue weighted by Crippen LogP contribution is -2.37. The highest BCUT2D eigenvalue weighted by atomic mass is 35.5. The molecular weight excluding hydrogens is 390 g/mol. The predicted octanol–water partition coefficient (Wildman–Crippen LogP) is 4.72. The minimum atomic E-state index is -0.738. The molecule has 29 heavy (non-hydrogen) atoms. The lowest BCUT2D eigenvalue weighted by atomic mass is 9.94. The SMILES string of the molecule is Cc1ccc(/C(O)=C2/C(=O)C(=O)N(C3CCCC3)C2c2ccc(O)c(Cl)c2)cc1. The topological polar surface area (TPSA) is 77.8 Å². The van der Waals surface area contributed by atoms with Gasteiger partial charge in [-0.3, -0.25) is 9.59 Å². The van der Waals surface area contributed by atoms with Crippen molar-refractivity contribution in [3.63, 3.8) is 0 Å². The molecule has 2 fully saturated rings. The number of Topliss-reactive ketones (excluding diaryl/α,β-unsaturated/α-hetero) is 1. The van der Waals surface area contributed by atoms with Crippen molar-refractivity contribution in [3.8, 4) is 5.75 Å². The predicted molar refractivity (Wildman–Crippen MR) is 111 cm³/mol. The monoisotopic (exact) mass is 411 g/mol. The van der Waals surface area contributed by atoms with Crippen LogP contribution in [0.5, 0.6) is 5.75 Å². The summed E-state index contributed by atoms with van der Waals surface area (Å²) in [7, 11) is 0. The van der Waals surface area contributed by atoms with Gasteiger partial charge in [-0.1, -0.05) is 60.3 Å². The molecule has 150 valence electrons. The van der Waals surface area contributed by atoms with E-state index in [1.165, 1.54) is 6.07 Å². The maximum absolute atomic E-state index is 13.0. The zero-order valence-corrected chi connectivity index (χ0v) is 16.8. The summed E-state index contributed by atoms with van der Waals surface area (Å²) in [6, 6.07) is 11.0. The second-order valence-corrected chi connectivity index (χ2v) is 8.13. The highest BCUT2D eigenvalue weighted by molar-refractivity contribution is 6.46. The van der Waals surface area contributed by atoms with Crippen molar-refractivity contribution in [2.45, 2.75) is 44.7 Å². The van der Waals surface area contributed by atoms with E-state index in [9.17, 15) is 19.8 Å². The number of carbonyl (C=O) groups is 2. The lowest BCUT2D eigenvalue weighted by Gasteiger charge is -2.31. The van der Waals surface area contributed by atoms with E-state index in [0.717, 1.165) is 31.2 Å². The average molecular weight is 412 g/mol. The van der Waals surface area contributed by atoms with Crippen molar-refractivity contribution >= 4 is 29.1 Å². The normalized spacial score (nSPS) is 21.9. The number of likely N-dealkylation sites (tertiary alicyclic amines) is 1. The number of aryl methyl sites for hydroxylation is 1. The van der Waals surface area contributed by atoms with Crippen LogP contribution in [0, 0.1) is 6.92 Å². The molecule has 1 aliphatic heterocycles. The molecule has 5 nitrogen and oxygen atoms in total. The molecule has 6 heteroatoms. The van der Waals surface area contributed by atoms with Gasteiger partial charge in [0.1, 0.15) is 11.5 Å². The van der Waals surface area contributed by atoms with E-state index in [4.69, 9.17) is 11.6 Å². The van der Waals surface area contributed by atoms with Crippen molar-refractivity contribution in [1.29, 1.82) is 0 Å². The van der Waals surface area contributed by atoms with Crippen LogP contribution in [-0.4, -0.2) is 32.8 Å². The van der Waals surface area contributed by atoms with E-state index in [1.54, 1.807) is 29.2 Å². The molecule has 4 rings (SSSR count). The van der Waals surface area contributed by atoms with Crippen molar-refractivity contribution in [2.75, 3.05) is 0 Å². The van der Waals surface area contributed by atoms with Gasteiger partial charge in [0.15, 0.2) is 0 Å². The van der Waals surface area contributed by atoms with E-state index in [0.29, 0.717) is 11.1 Å². The molecule has 1 atom stereocenters. The number of hydrogen-bond acceptors (Lipinski definition) is 4. The highest BCUT2D eigenvalue weighted by Crippen LogP contribution is 2.44. The third kappa shape index (κ3) is 3.40. The molecule has 1 amide bonds. The lowest BCUT2D eigenvalue weighted by molar-refractivity contribution is -0.141. The molecule has 1 unspecified atom stereocenters. The zero-order chi connectivity index (χ0) is 20.7. The third-order valence-corrected chi connectivity index (χ3v) is 6.11. The molecule has 2 aliphatic rings. The van der Waals surface area contributed by atoms with Gasteiger partial charge in [0.05, 0.1) is 16.6 Å². The number of phenolic OH excluding ortho intramolecular Hbond substituents is 1. The summed E-state index contributed by atoms with van der Waals surface area (Å²) in [5, 5.41) is 21.0. The number of aliphatic hydroxyl groups is 1. The van der Waals surface area contributed by atoms with E-state index in [-0.39, 0.29) is 28.1 Å². The Morgan fingerprint density at radius 3 is 2.34 bits per heavy atom. The van der Waals surface area contributed by atoms with E-state index < -0.39 is 17.7 Å². The number of nitrogens with zero attached hydrogens (tertiary/aromatic N) is 1. The zero-order valence-electron chi connectivity index (χ0n) is 16.1. The van der Waals surface area contributed by atoms with Crippen molar-refractivity contribution in [1.82, 2.24) is 4.90 Å². The quantitative estimate of drug-likeness (QED) is 0.435. The van der Waals surface area contributed by atoms with Crippen LogP contribution in [0.25, 0.3) is 5.76 Å². The summed E-state index contributed by atoms with van der Waals surface area (Å²) in [5.74, 6) is -1.56. The molecule has 0 aromatic heterocycles. The van der Waals surface area contributed by atoms with E-state index >= 15 is 0 Å². The number of ketones is 1. The average Bonchev–Trinajstić information content (AvgIpc) is 3.31. The fraction of sp³-hybridized carbons (Fsp3) is 0.304. The number of amides is 1. The summed E-state index contributed by atoms with van der Waals surface area (Å²) in [5.41, 5.74) is 2.16. The molecule has 2 aromatic rings. The van der Waals surface area contributed by atoms with Crippen LogP contribution >= 0.6 is 11.6 Å². The Morgan fingerprint density at radius 1 is 1.07 bits per heavy atom. The number of phenols is 1. The Kier molecular flexibility index (Phi) is 5.09. The Balaban J connectivity index is 1.90. The number of rotatable bonds is 3. The molecule has 1 saturated carbocycles. The Bertz CT molecular complexity index is 1010. The first-order valence-electron chi connectivity index (χ1n) is 9.74. The van der Waals surface area contributed by atoms with Gasteiger partial charge in [-0.2, -0.15) is 0 Å². The van der Waals surface area contributed by atoms with Gasteiger partial charge in [-0.05, 0) is 37.5 Å². The Labute approximate surface area is 174 Å². The van der Waals surface area contributed by atoms with Gasteiger partial charge in [-0.15, -0.1) is 0 Å². The molecule has 1 heterocycles. The number of halogens is 1. The first-order valence-corrected chi connectivity index (χ1v) is 10.1. The number of aliphatic hydroxyl groups excluding tert-OH is 1. The van der Waals surface area contributed by atoms with Crippen LogP contribution in [0.2, 0.25) is 5.02 Å². The van der Waals surface area contributed by atoms with Crippen LogP contribution in [0.1, 0.15) is 48.4 Å². The second kappa shape index (κ2) is 7.56. The summed E-state index contributed by atoms with van der Waals surface area (Å²) >= 11 is 6.12. The maximum atomic E-state index is 13.0. The standard InChI is InChI=1S/C23H22ClNO4/c1-13-6-8-14(9-7-13)21(27)19-20(15-10-11-18(26)17(24)12-15)25(23(29)22(19)28)16-4-2-3-5-16/h6-12,16,20,26-27H,2-5H2,1H3/b21-19-. The largest absolute Gasteiger partial charge is 0.507 e. The fourth-order valence-electron chi connectivity index (χ4n) is 4.30. The maximum Gasteiger partial charge on any atom is 0.295 e. The highest BCUT2D eigenvalue weighted by Gasteiger charge is 2.49. The van der Waals surface area contributed by atoms with Crippen LogP contribution in [0.4, 0.5) is 0 Å². The second-order valence-electron chi connectivity index (χ2n) is 7.72. The van der Waals surface area contributed by atoms with Crippen LogP contribution in [0.3, 0.4) is 0 Å². The van der Waals surface area contributed by atoms with Crippen molar-refractivity contribution in [3.05, 3.63) is 69.8 Å². The Morgan fingerprint density at radius 2 is 1.72 bits per heavy atom. The van der Waals surface area contributed by atoms with Gasteiger partial charge in [0, 0.05) is 11.6 Å². The number of aromatic hydroxyl groups is 1. The first kappa shape index (κ1) is 19.5. The van der Waals surface area contributed by atoms with Crippen LogP contribution in [-0.2, 0) is 9.59 Å². The molecule has 0 spiro atoms. The summed E-state index contributed by atoms with van der Waals surface area (Å²) in [6.07, 6.45) is 3.63. The molecule has 1 aliphatic carbocycles. The smallest absolute Gasteiger partial charge is 0.295 e. The van der Waals surface area contributed by atoms with Gasteiger partial charge in [-0.25, -0.2) is 0 Å². The minimum Gasteiger partial charge on any atom is -0.507 e. The molecule has 2 N–H and O–H groups in total. The molecule has 0 bridgehead atoms. The van der Waals surface area contributed by atoms with E-state index in [2.05, 4.69) is 0 Å². The molecule has 1 saturated heterocycles. The van der Waals surface area contributed by atoms with Crippen molar-refractivity contribution < 1.29 is 19.8 Å². The minimum absolute atomic E-state index is 0.0625. The Hall–Kier alpha value is -2.79. The number of carbonyl (C=O) groups excluding carboxylic acids is 2. The number of hydrogen-bond donors (Lipinski definition) is 2. The summed E-state index contributed by atoms with van der Waals surface area (Å²) in [4.78, 5) is 27.6. The van der Waals surface area contributed by atoms with Crippen molar-refractivity contribution in [2.24, 2.45) is 0 Å².